The molecule has 12 aromatic rings. The molecular weight excluding hydrogens is 709 g/mol. The van der Waals surface area contributed by atoms with Crippen molar-refractivity contribution in [3.05, 3.63) is 206 Å². The van der Waals surface area contributed by atoms with E-state index in [0.29, 0.717) is 0 Å². The molecular formula is C54H34N2O2. The van der Waals surface area contributed by atoms with Gasteiger partial charge in [-0.25, -0.2) is 0 Å². The van der Waals surface area contributed by atoms with Crippen molar-refractivity contribution in [1.82, 2.24) is 4.57 Å². The minimum atomic E-state index is 0.817. The quantitative estimate of drug-likeness (QED) is 0.170. The third-order valence-corrected chi connectivity index (χ3v) is 11.6. The average Bonchev–Trinajstić information content (AvgIpc) is 3.98. The molecule has 272 valence electrons. The Morgan fingerprint density at radius 2 is 0.966 bits per heavy atom. The van der Waals surface area contributed by atoms with E-state index in [0.717, 1.165) is 99.9 Å². The van der Waals surface area contributed by atoms with Gasteiger partial charge in [0.2, 0.25) is 0 Å². The van der Waals surface area contributed by atoms with Crippen molar-refractivity contribution < 1.29 is 8.83 Å². The lowest BCUT2D eigenvalue weighted by Gasteiger charge is -2.27. The minimum absolute atomic E-state index is 0.817. The van der Waals surface area contributed by atoms with E-state index in [9.17, 15) is 0 Å². The molecule has 0 N–H and O–H groups in total. The zero-order valence-corrected chi connectivity index (χ0v) is 31.3. The van der Waals surface area contributed by atoms with Crippen LogP contribution in [-0.4, -0.2) is 4.57 Å². The zero-order chi connectivity index (χ0) is 38.2. The van der Waals surface area contributed by atoms with Gasteiger partial charge in [-0.05, 0) is 65.7 Å². The van der Waals surface area contributed by atoms with Crippen LogP contribution < -0.4 is 4.90 Å². The van der Waals surface area contributed by atoms with Gasteiger partial charge in [-0.15, -0.1) is 0 Å². The maximum Gasteiger partial charge on any atom is 0.159 e. The third kappa shape index (κ3) is 4.88. The second kappa shape index (κ2) is 12.9. The van der Waals surface area contributed by atoms with Gasteiger partial charge in [0.15, 0.2) is 5.58 Å². The van der Waals surface area contributed by atoms with Crippen LogP contribution in [0.4, 0.5) is 17.1 Å². The molecule has 0 bridgehead atoms. The van der Waals surface area contributed by atoms with Crippen LogP contribution in [0.5, 0.6) is 0 Å². The third-order valence-electron chi connectivity index (χ3n) is 11.6. The second-order valence-corrected chi connectivity index (χ2v) is 14.8. The van der Waals surface area contributed by atoms with Crippen LogP contribution in [0.25, 0.3) is 93.6 Å². The second-order valence-electron chi connectivity index (χ2n) is 14.8. The molecule has 12 rings (SSSR count). The normalized spacial score (nSPS) is 11.8. The molecule has 58 heavy (non-hydrogen) atoms. The summed E-state index contributed by atoms with van der Waals surface area (Å²) in [6.45, 7) is 0. The van der Waals surface area contributed by atoms with Gasteiger partial charge in [-0.2, -0.15) is 0 Å². The molecule has 0 aliphatic carbocycles. The van der Waals surface area contributed by atoms with E-state index in [-0.39, 0.29) is 0 Å². The number of rotatable bonds is 6. The summed E-state index contributed by atoms with van der Waals surface area (Å²) in [5.74, 6) is 0. The molecule has 4 nitrogen and oxygen atoms in total. The summed E-state index contributed by atoms with van der Waals surface area (Å²) in [4.78, 5) is 2.37. The number of aromatic nitrogens is 1. The van der Waals surface area contributed by atoms with E-state index < -0.39 is 0 Å². The molecule has 0 saturated carbocycles. The number of para-hydroxylation sites is 5. The van der Waals surface area contributed by atoms with Crippen LogP contribution in [-0.2, 0) is 0 Å². The highest BCUT2D eigenvalue weighted by Gasteiger charge is 2.26. The van der Waals surface area contributed by atoms with E-state index in [1.165, 1.54) is 10.8 Å². The van der Waals surface area contributed by atoms with Crippen molar-refractivity contribution >= 4 is 82.7 Å². The van der Waals surface area contributed by atoms with E-state index in [4.69, 9.17) is 8.83 Å². The Bertz CT molecular complexity index is 3500. The van der Waals surface area contributed by atoms with Gasteiger partial charge in [-0.3, -0.25) is 0 Å². The van der Waals surface area contributed by atoms with Crippen LogP contribution in [0.1, 0.15) is 0 Å². The van der Waals surface area contributed by atoms with E-state index in [1.54, 1.807) is 0 Å². The summed E-state index contributed by atoms with van der Waals surface area (Å²) in [5, 5.41) is 6.63. The van der Waals surface area contributed by atoms with Crippen molar-refractivity contribution in [1.29, 1.82) is 0 Å². The van der Waals surface area contributed by atoms with Crippen LogP contribution in [0.15, 0.2) is 215 Å². The molecule has 0 fully saturated rings. The van der Waals surface area contributed by atoms with Crippen molar-refractivity contribution in [2.24, 2.45) is 0 Å². The molecule has 0 saturated heterocycles. The molecule has 0 atom stereocenters. The van der Waals surface area contributed by atoms with Gasteiger partial charge in [0.25, 0.3) is 0 Å². The van der Waals surface area contributed by atoms with Crippen molar-refractivity contribution in [2.75, 3.05) is 4.90 Å². The zero-order valence-electron chi connectivity index (χ0n) is 31.3. The summed E-state index contributed by atoms with van der Waals surface area (Å²) in [6, 6.07) is 73.0. The van der Waals surface area contributed by atoms with Crippen LogP contribution in [0, 0.1) is 0 Å². The number of hydrogen-bond donors (Lipinski definition) is 0. The Balaban J connectivity index is 1.20. The molecule has 4 heteroatoms. The van der Waals surface area contributed by atoms with Gasteiger partial charge < -0.3 is 18.3 Å². The number of anilines is 3. The lowest BCUT2D eigenvalue weighted by Crippen LogP contribution is -2.11. The Morgan fingerprint density at radius 3 is 1.74 bits per heavy atom. The van der Waals surface area contributed by atoms with E-state index in [1.807, 2.05) is 6.07 Å². The first-order valence-electron chi connectivity index (χ1n) is 19.7. The summed E-state index contributed by atoms with van der Waals surface area (Å²) >= 11 is 0. The van der Waals surface area contributed by atoms with Crippen LogP contribution in [0.2, 0.25) is 0 Å². The Kier molecular flexibility index (Phi) is 7.20. The van der Waals surface area contributed by atoms with Gasteiger partial charge >= 0.3 is 0 Å². The fraction of sp³-hybridized carbons (Fsp3) is 0. The first kappa shape index (κ1) is 32.4. The first-order valence-corrected chi connectivity index (χ1v) is 19.7. The van der Waals surface area contributed by atoms with E-state index >= 15 is 0 Å². The average molecular weight is 743 g/mol. The van der Waals surface area contributed by atoms with E-state index in [2.05, 4.69) is 210 Å². The van der Waals surface area contributed by atoms with Crippen molar-refractivity contribution in [2.45, 2.75) is 0 Å². The highest BCUT2D eigenvalue weighted by atomic mass is 16.3. The molecule has 0 spiro atoms. The highest BCUT2D eigenvalue weighted by Crippen LogP contribution is 2.50. The fourth-order valence-electron chi connectivity index (χ4n) is 9.03. The van der Waals surface area contributed by atoms with Crippen LogP contribution in [0.3, 0.4) is 0 Å². The summed E-state index contributed by atoms with van der Waals surface area (Å²) in [6.07, 6.45) is 0. The number of nitrogens with zero attached hydrogens (tertiary/aromatic N) is 2. The summed E-state index contributed by atoms with van der Waals surface area (Å²) < 4.78 is 16.3. The largest absolute Gasteiger partial charge is 0.455 e. The molecule has 3 aromatic heterocycles. The molecule has 0 aliphatic heterocycles. The lowest BCUT2D eigenvalue weighted by molar-refractivity contribution is 0.669. The van der Waals surface area contributed by atoms with Gasteiger partial charge in [0.05, 0.1) is 27.8 Å². The standard InChI is InChI=1S/C54H34N2O2/c1-4-16-35(17-5-1)39-24-14-25-43-44-26-15-28-48(53(44)58-52(39)43)56(38-30-31-42-41-22-10-12-27-46(41)55(49(42)34-38)37-20-8-3-9-21-37)47-33-32-40(36-18-6-2-7-19-36)54-51(47)45-23-11-13-29-50(45)57-54/h1-34H. The first-order chi connectivity index (χ1) is 28.8. The maximum absolute atomic E-state index is 7.13. The highest BCUT2D eigenvalue weighted by molar-refractivity contribution is 6.20. The fourth-order valence-corrected chi connectivity index (χ4v) is 9.03. The number of hydrogen-bond acceptors (Lipinski definition) is 3. The molecule has 0 aliphatic rings. The number of benzene rings is 9. The lowest BCUT2D eigenvalue weighted by atomic mass is 9.99. The molecule has 9 aromatic carbocycles. The van der Waals surface area contributed by atoms with Crippen molar-refractivity contribution in [3.63, 3.8) is 0 Å². The Labute approximate surface area is 334 Å². The molecule has 0 radical (unpaired) electrons. The van der Waals surface area contributed by atoms with Gasteiger partial charge in [0.1, 0.15) is 16.7 Å². The van der Waals surface area contributed by atoms with Crippen LogP contribution >= 0.6 is 0 Å². The predicted molar refractivity (Wildman–Crippen MR) is 241 cm³/mol. The number of furan rings is 2. The number of fused-ring (bicyclic) bond motifs is 9. The molecule has 0 unspecified atom stereocenters. The summed E-state index contributed by atoms with van der Waals surface area (Å²) in [7, 11) is 0. The maximum atomic E-state index is 7.13. The molecule has 0 amide bonds. The van der Waals surface area contributed by atoms with Gasteiger partial charge in [0, 0.05) is 49.4 Å². The SMILES string of the molecule is c1ccc(-c2cccc3c2oc2c(N(c4ccc5c6ccccc6n(-c6ccccc6)c5c4)c4ccc(-c5ccccc5)c5oc6ccccc6c45)cccc23)cc1. The molecule has 3 heterocycles. The minimum Gasteiger partial charge on any atom is -0.455 e. The Hall–Kier alpha value is -7.82. The topological polar surface area (TPSA) is 34.5 Å². The van der Waals surface area contributed by atoms with Crippen molar-refractivity contribution in [3.8, 4) is 27.9 Å². The van der Waals surface area contributed by atoms with Gasteiger partial charge in [-0.1, -0.05) is 152 Å². The smallest absolute Gasteiger partial charge is 0.159 e. The summed E-state index contributed by atoms with van der Waals surface area (Å²) in [5.41, 5.74) is 14.0. The predicted octanol–water partition coefficient (Wildman–Crippen LogP) is 15.4. The monoisotopic (exact) mass is 742 g/mol. The Morgan fingerprint density at radius 1 is 0.362 bits per heavy atom.